The van der Waals surface area contributed by atoms with Crippen molar-refractivity contribution in [3.8, 4) is 0 Å². The average Bonchev–Trinajstić information content (AvgIpc) is 3.17. The minimum atomic E-state index is -3.66. The zero-order chi connectivity index (χ0) is 21.1. The van der Waals surface area contributed by atoms with E-state index >= 15 is 0 Å². The van der Waals surface area contributed by atoms with E-state index in [0.717, 1.165) is 25.2 Å². The Bertz CT molecular complexity index is 1160. The number of amides is 1. The summed E-state index contributed by atoms with van der Waals surface area (Å²) in [6.07, 6.45) is 1.03. The molecule has 0 fully saturated rings. The molecule has 0 aromatic heterocycles. The van der Waals surface area contributed by atoms with E-state index in [2.05, 4.69) is 27.9 Å². The van der Waals surface area contributed by atoms with Gasteiger partial charge in [-0.1, -0.05) is 24.3 Å². The number of nitrogens with zero attached hydrogens (tertiary/aromatic N) is 1. The first-order valence-electron chi connectivity index (χ1n) is 9.83. The number of hydrogen-bond donors (Lipinski definition) is 2. The third kappa shape index (κ3) is 4.16. The molecule has 7 heteroatoms. The van der Waals surface area contributed by atoms with Crippen LogP contribution in [0.3, 0.4) is 0 Å². The molecule has 0 aliphatic carbocycles. The molecule has 0 bridgehead atoms. The number of fused-ring (bicyclic) bond motifs is 1. The van der Waals surface area contributed by atoms with Gasteiger partial charge in [0.05, 0.1) is 4.90 Å². The fourth-order valence-electron chi connectivity index (χ4n) is 3.56. The molecule has 1 amide bonds. The lowest BCUT2D eigenvalue weighted by molar-refractivity contribution is 0.102. The van der Waals surface area contributed by atoms with Crippen LogP contribution in [0.15, 0.2) is 77.7 Å². The van der Waals surface area contributed by atoms with E-state index < -0.39 is 10.0 Å². The fourth-order valence-corrected chi connectivity index (χ4v) is 4.64. The monoisotopic (exact) mass is 421 g/mol. The number of anilines is 3. The molecule has 0 saturated carbocycles. The van der Waals surface area contributed by atoms with Crippen molar-refractivity contribution >= 4 is 33.0 Å². The summed E-state index contributed by atoms with van der Waals surface area (Å²) in [5.74, 6) is -0.242. The lowest BCUT2D eigenvalue weighted by Gasteiger charge is -2.17. The van der Waals surface area contributed by atoms with Gasteiger partial charge in [0.2, 0.25) is 0 Å². The summed E-state index contributed by atoms with van der Waals surface area (Å²) in [6.45, 7) is 4.06. The van der Waals surface area contributed by atoms with Gasteiger partial charge in [-0.25, -0.2) is 8.42 Å². The maximum Gasteiger partial charge on any atom is 0.261 e. The van der Waals surface area contributed by atoms with Crippen molar-refractivity contribution in [1.29, 1.82) is 0 Å². The van der Waals surface area contributed by atoms with Crippen LogP contribution < -0.4 is 14.9 Å². The highest BCUT2D eigenvalue weighted by Gasteiger charge is 2.18. The van der Waals surface area contributed by atoms with Crippen LogP contribution >= 0.6 is 0 Å². The molecule has 0 spiro atoms. The Labute approximate surface area is 176 Å². The largest absolute Gasteiger partial charge is 0.371 e. The van der Waals surface area contributed by atoms with E-state index in [1.54, 1.807) is 42.5 Å². The van der Waals surface area contributed by atoms with Gasteiger partial charge < -0.3 is 10.2 Å². The highest BCUT2D eigenvalue weighted by atomic mass is 32.2. The van der Waals surface area contributed by atoms with Gasteiger partial charge in [0, 0.05) is 35.7 Å². The van der Waals surface area contributed by atoms with Gasteiger partial charge in [-0.3, -0.25) is 9.52 Å². The van der Waals surface area contributed by atoms with Crippen LogP contribution in [-0.2, 0) is 16.4 Å². The van der Waals surface area contributed by atoms with Crippen LogP contribution in [0.2, 0.25) is 0 Å². The zero-order valence-corrected chi connectivity index (χ0v) is 17.4. The van der Waals surface area contributed by atoms with Crippen molar-refractivity contribution in [3.63, 3.8) is 0 Å². The topological polar surface area (TPSA) is 78.5 Å². The van der Waals surface area contributed by atoms with Gasteiger partial charge in [0.1, 0.15) is 0 Å². The van der Waals surface area contributed by atoms with Gasteiger partial charge in [0.25, 0.3) is 15.9 Å². The molecule has 6 nitrogen and oxygen atoms in total. The van der Waals surface area contributed by atoms with Crippen LogP contribution in [0.25, 0.3) is 0 Å². The van der Waals surface area contributed by atoms with Crippen LogP contribution in [0.5, 0.6) is 0 Å². The molecule has 30 heavy (non-hydrogen) atoms. The maximum atomic E-state index is 12.6. The summed E-state index contributed by atoms with van der Waals surface area (Å²) in [6, 6.07) is 20.5. The molecule has 3 aromatic carbocycles. The average molecular weight is 422 g/mol. The molecule has 4 rings (SSSR count). The molecule has 2 N–H and O–H groups in total. The van der Waals surface area contributed by atoms with Gasteiger partial charge in [-0.2, -0.15) is 0 Å². The van der Waals surface area contributed by atoms with Crippen LogP contribution in [-0.4, -0.2) is 27.4 Å². The lowest BCUT2D eigenvalue weighted by Crippen LogP contribution is -2.19. The second kappa shape index (κ2) is 8.20. The van der Waals surface area contributed by atoms with Crippen molar-refractivity contribution in [2.24, 2.45) is 0 Å². The Balaban J connectivity index is 1.45. The zero-order valence-electron chi connectivity index (χ0n) is 16.6. The minimum Gasteiger partial charge on any atom is -0.371 e. The van der Waals surface area contributed by atoms with Gasteiger partial charge in [-0.05, 0) is 67.4 Å². The summed E-state index contributed by atoms with van der Waals surface area (Å²) in [4.78, 5) is 15.1. The van der Waals surface area contributed by atoms with Crippen LogP contribution in [0.4, 0.5) is 17.1 Å². The minimum absolute atomic E-state index is 0.185. The molecule has 0 radical (unpaired) electrons. The van der Waals surface area contributed by atoms with Gasteiger partial charge in [0.15, 0.2) is 0 Å². The number of likely N-dealkylation sites (N-methyl/N-ethyl adjacent to an activating group) is 1. The second-order valence-electron chi connectivity index (χ2n) is 7.12. The Morgan fingerprint density at radius 3 is 2.37 bits per heavy atom. The predicted molar refractivity (Wildman–Crippen MR) is 120 cm³/mol. The normalized spacial score (nSPS) is 13.0. The van der Waals surface area contributed by atoms with Crippen LogP contribution in [0, 0.1) is 0 Å². The smallest absolute Gasteiger partial charge is 0.261 e. The molecular weight excluding hydrogens is 398 g/mol. The first-order valence-corrected chi connectivity index (χ1v) is 11.3. The number of rotatable bonds is 6. The summed E-state index contributed by atoms with van der Waals surface area (Å²) in [5, 5.41) is 2.92. The molecule has 1 heterocycles. The van der Waals surface area contributed by atoms with Crippen molar-refractivity contribution in [2.45, 2.75) is 18.2 Å². The van der Waals surface area contributed by atoms with Crippen molar-refractivity contribution in [1.82, 2.24) is 0 Å². The quantitative estimate of drug-likeness (QED) is 0.628. The second-order valence-corrected chi connectivity index (χ2v) is 8.81. The first-order chi connectivity index (χ1) is 14.5. The van der Waals surface area contributed by atoms with E-state index in [-0.39, 0.29) is 10.8 Å². The fraction of sp³-hybridized carbons (Fsp3) is 0.174. The Morgan fingerprint density at radius 2 is 1.67 bits per heavy atom. The number of nitrogens with one attached hydrogen (secondary N) is 2. The molecule has 0 saturated heterocycles. The number of carbonyl (C=O) groups is 1. The molecule has 1 aliphatic rings. The highest BCUT2D eigenvalue weighted by molar-refractivity contribution is 7.92. The summed E-state index contributed by atoms with van der Waals surface area (Å²) < 4.78 is 27.3. The summed E-state index contributed by atoms with van der Waals surface area (Å²) in [5.41, 5.74) is 4.05. The maximum absolute atomic E-state index is 12.6. The number of benzene rings is 3. The Kier molecular flexibility index (Phi) is 5.46. The first kappa shape index (κ1) is 20.0. The van der Waals surface area contributed by atoms with Crippen molar-refractivity contribution in [3.05, 3.63) is 83.9 Å². The van der Waals surface area contributed by atoms with Crippen molar-refractivity contribution in [2.75, 3.05) is 28.0 Å². The number of hydrogen-bond acceptors (Lipinski definition) is 4. The van der Waals surface area contributed by atoms with Gasteiger partial charge >= 0.3 is 0 Å². The Morgan fingerprint density at radius 1 is 0.967 bits per heavy atom. The molecule has 154 valence electrons. The molecule has 0 atom stereocenters. The van der Waals surface area contributed by atoms with E-state index in [0.29, 0.717) is 11.3 Å². The summed E-state index contributed by atoms with van der Waals surface area (Å²) in [7, 11) is -3.66. The number of sulfonamides is 1. The van der Waals surface area contributed by atoms with E-state index in [1.165, 1.54) is 23.4 Å². The summed E-state index contributed by atoms with van der Waals surface area (Å²) >= 11 is 0. The number of carbonyl (C=O) groups excluding carboxylic acids is 1. The standard InChI is InChI=1S/C23H23N3O3S/c1-2-26-15-14-17-8-13-20(16-22(17)26)24-23(27)18-9-11-19(12-10-18)25-30(28,29)21-6-4-3-5-7-21/h3-13,16,25H,2,14-15H2,1H3,(H,24,27). The molecule has 1 aliphatic heterocycles. The van der Waals surface area contributed by atoms with Crippen LogP contribution in [0.1, 0.15) is 22.8 Å². The Hall–Kier alpha value is -3.32. The third-order valence-electron chi connectivity index (χ3n) is 5.17. The lowest BCUT2D eigenvalue weighted by atomic mass is 10.1. The highest BCUT2D eigenvalue weighted by Crippen LogP contribution is 2.30. The molecular formula is C23H23N3O3S. The van der Waals surface area contributed by atoms with E-state index in [9.17, 15) is 13.2 Å². The predicted octanol–water partition coefficient (Wildman–Crippen LogP) is 4.12. The molecule has 3 aromatic rings. The SMILES string of the molecule is CCN1CCc2ccc(NC(=O)c3ccc(NS(=O)(=O)c4ccccc4)cc3)cc21. The van der Waals surface area contributed by atoms with Gasteiger partial charge in [-0.15, -0.1) is 0 Å². The third-order valence-corrected chi connectivity index (χ3v) is 6.57. The van der Waals surface area contributed by atoms with E-state index in [1.807, 2.05) is 12.1 Å². The van der Waals surface area contributed by atoms with E-state index in [4.69, 9.17) is 0 Å². The van der Waals surface area contributed by atoms with Crippen molar-refractivity contribution < 1.29 is 13.2 Å². The molecule has 0 unspecified atom stereocenters.